The molecule has 14 nitrogen and oxygen atoms in total. The van der Waals surface area contributed by atoms with Crippen molar-refractivity contribution in [3.05, 3.63) is 70.0 Å². The van der Waals surface area contributed by atoms with Crippen LogP contribution in [-0.2, 0) is 58.4 Å². The molecule has 2 aromatic carbocycles. The van der Waals surface area contributed by atoms with Crippen LogP contribution >= 0.6 is 0 Å². The van der Waals surface area contributed by atoms with Crippen LogP contribution in [0.5, 0.6) is 0 Å². The Kier molecular flexibility index (Phi) is 19.0. The summed E-state index contributed by atoms with van der Waals surface area (Å²) in [4.78, 5) is 40.5. The summed E-state index contributed by atoms with van der Waals surface area (Å²) in [6, 6.07) is 10.9. The minimum atomic E-state index is -4.60. The third-order valence-electron chi connectivity index (χ3n) is 8.31. The number of aromatic amines is 1. The summed E-state index contributed by atoms with van der Waals surface area (Å²) in [5.41, 5.74) is -0.986. The first-order valence-corrected chi connectivity index (χ1v) is 18.0. The van der Waals surface area contributed by atoms with Gasteiger partial charge in [0.05, 0.1) is 110 Å². The van der Waals surface area contributed by atoms with Crippen molar-refractivity contribution in [2.75, 3.05) is 113 Å². The molecule has 0 spiro atoms. The van der Waals surface area contributed by atoms with Gasteiger partial charge in [-0.2, -0.15) is 13.2 Å². The van der Waals surface area contributed by atoms with E-state index in [1.165, 1.54) is 24.3 Å². The summed E-state index contributed by atoms with van der Waals surface area (Å²) in [7, 11) is 1.62. The molecule has 1 aromatic heterocycles. The summed E-state index contributed by atoms with van der Waals surface area (Å²) in [6.45, 7) is 5.65. The largest absolute Gasteiger partial charge is 0.462 e. The van der Waals surface area contributed by atoms with Crippen LogP contribution in [0.4, 0.5) is 13.2 Å². The number of hydrogen-bond acceptors (Lipinski definition) is 12. The summed E-state index contributed by atoms with van der Waals surface area (Å²) in [5.74, 6) is -1.50. The molecule has 1 aliphatic heterocycles. The van der Waals surface area contributed by atoms with E-state index in [-0.39, 0.29) is 49.0 Å². The van der Waals surface area contributed by atoms with E-state index in [2.05, 4.69) is 10.3 Å². The molecule has 0 bridgehead atoms. The molecule has 3 aromatic rings. The van der Waals surface area contributed by atoms with E-state index < -0.39 is 35.2 Å². The van der Waals surface area contributed by atoms with Gasteiger partial charge in [-0.15, -0.1) is 0 Å². The van der Waals surface area contributed by atoms with Crippen LogP contribution in [0.3, 0.4) is 0 Å². The quantitative estimate of drug-likeness (QED) is 0.0857. The predicted molar refractivity (Wildman–Crippen MR) is 193 cm³/mol. The highest BCUT2D eigenvalue weighted by molar-refractivity contribution is 5.90. The molecule has 0 radical (unpaired) electrons. The Morgan fingerprint density at radius 1 is 0.727 bits per heavy atom. The first-order valence-electron chi connectivity index (χ1n) is 18.0. The lowest BCUT2D eigenvalue weighted by molar-refractivity contribution is -0.150. The highest BCUT2D eigenvalue weighted by Gasteiger charge is 2.35. The molecule has 0 aliphatic carbocycles. The topological polar surface area (TPSA) is 162 Å². The minimum absolute atomic E-state index is 0.0341. The molecule has 17 heteroatoms. The standard InChI is InChI=1S/C38H49F3N2O12/c1-47-8-9-48-10-11-49-12-13-50-14-15-51-16-17-52-18-19-53-20-21-54-26-35(44)55-25-29-24-32(36(45)42-29)27-6-7-28-23-34(43-37(46)31(28)22-27)30-4-2-3-5-33(30)38(39,40)41/h2-7,22-23,29,32H,8-21,24-26H2,1H3,(H,42,45)(H,43,46)/t29?,32-/m0/s1. The van der Waals surface area contributed by atoms with E-state index >= 15 is 0 Å². The number of aromatic nitrogens is 1. The summed E-state index contributed by atoms with van der Waals surface area (Å²) >= 11 is 0. The van der Waals surface area contributed by atoms with Gasteiger partial charge in [0.15, 0.2) is 0 Å². The molecule has 2 atom stereocenters. The van der Waals surface area contributed by atoms with Gasteiger partial charge in [0, 0.05) is 23.8 Å². The van der Waals surface area contributed by atoms with Crippen molar-refractivity contribution in [1.82, 2.24) is 10.3 Å². The molecule has 2 N–H and O–H groups in total. The van der Waals surface area contributed by atoms with Crippen LogP contribution in [0.15, 0.2) is 53.3 Å². The number of halogens is 3. The second-order valence-corrected chi connectivity index (χ2v) is 12.3. The fourth-order valence-corrected chi connectivity index (χ4v) is 5.61. The molecule has 55 heavy (non-hydrogen) atoms. The number of benzene rings is 2. The molecule has 1 fully saturated rings. The Labute approximate surface area is 316 Å². The Balaban J connectivity index is 1.02. The monoisotopic (exact) mass is 782 g/mol. The third kappa shape index (κ3) is 15.3. The fraction of sp³-hybridized carbons (Fsp3) is 0.553. The number of carbonyl (C=O) groups excluding carboxylic acids is 2. The van der Waals surface area contributed by atoms with E-state index in [9.17, 15) is 27.6 Å². The van der Waals surface area contributed by atoms with Gasteiger partial charge in [-0.3, -0.25) is 9.59 Å². The number of methoxy groups -OCH3 is 1. The number of carbonyl (C=O) groups is 2. The molecule has 4 rings (SSSR count). The maximum Gasteiger partial charge on any atom is 0.417 e. The van der Waals surface area contributed by atoms with Crippen molar-refractivity contribution in [3.8, 4) is 11.3 Å². The van der Waals surface area contributed by atoms with E-state index in [1.54, 1.807) is 25.3 Å². The van der Waals surface area contributed by atoms with E-state index in [4.69, 9.17) is 42.6 Å². The van der Waals surface area contributed by atoms with Crippen LogP contribution in [0.2, 0.25) is 0 Å². The molecular formula is C38H49F3N2O12. The van der Waals surface area contributed by atoms with Crippen LogP contribution in [0, 0.1) is 0 Å². The maximum absolute atomic E-state index is 13.6. The average molecular weight is 783 g/mol. The lowest BCUT2D eigenvalue weighted by atomic mass is 9.93. The van der Waals surface area contributed by atoms with E-state index in [0.717, 1.165) is 6.07 Å². The first-order chi connectivity index (χ1) is 26.7. The van der Waals surface area contributed by atoms with Crippen molar-refractivity contribution in [2.24, 2.45) is 0 Å². The van der Waals surface area contributed by atoms with Gasteiger partial charge in [0.25, 0.3) is 5.56 Å². The van der Waals surface area contributed by atoms with Gasteiger partial charge < -0.3 is 52.9 Å². The maximum atomic E-state index is 13.6. The number of rotatable bonds is 27. The van der Waals surface area contributed by atoms with Gasteiger partial charge in [-0.25, -0.2) is 4.79 Å². The van der Waals surface area contributed by atoms with E-state index in [1.807, 2.05) is 0 Å². The Hall–Kier alpha value is -3.94. The molecule has 1 aliphatic rings. The SMILES string of the molecule is COCCOCCOCCOCCOCCOCCOCCOCC(=O)OCC1C[C@@H](c2ccc3cc(-c4ccccc4C(F)(F)F)[nH]c(=O)c3c2)C(=O)N1. The molecule has 1 amide bonds. The third-order valence-corrected chi connectivity index (χ3v) is 8.31. The molecule has 0 saturated carbocycles. The van der Waals surface area contributed by atoms with Crippen LogP contribution in [-0.4, -0.2) is 136 Å². The first kappa shape index (κ1) is 43.8. The van der Waals surface area contributed by atoms with Crippen LogP contribution in [0.25, 0.3) is 22.0 Å². The number of esters is 1. The van der Waals surface area contributed by atoms with Crippen LogP contribution in [0.1, 0.15) is 23.5 Å². The lowest BCUT2D eigenvalue weighted by Crippen LogP contribution is -2.31. The summed E-state index contributed by atoms with van der Waals surface area (Å²) in [5, 5.41) is 3.46. The zero-order valence-electron chi connectivity index (χ0n) is 30.8. The average Bonchev–Trinajstić information content (AvgIpc) is 3.55. The summed E-state index contributed by atoms with van der Waals surface area (Å²) < 4.78 is 88.6. The van der Waals surface area contributed by atoms with Gasteiger partial charge in [0.1, 0.15) is 13.2 Å². The Morgan fingerprint density at radius 3 is 1.84 bits per heavy atom. The lowest BCUT2D eigenvalue weighted by Gasteiger charge is -2.14. The second kappa shape index (κ2) is 23.9. The molecular weight excluding hydrogens is 733 g/mol. The van der Waals surface area contributed by atoms with Crippen LogP contribution < -0.4 is 10.9 Å². The van der Waals surface area contributed by atoms with Crippen molar-refractivity contribution in [2.45, 2.75) is 24.6 Å². The number of alkyl halides is 3. The number of pyridine rings is 1. The van der Waals surface area contributed by atoms with E-state index in [0.29, 0.717) is 96.7 Å². The van der Waals surface area contributed by atoms with Gasteiger partial charge in [-0.1, -0.05) is 30.3 Å². The number of H-pyrrole nitrogens is 1. The summed E-state index contributed by atoms with van der Waals surface area (Å²) in [6.07, 6.45) is -4.29. The zero-order valence-corrected chi connectivity index (χ0v) is 30.8. The normalized spacial score (nSPS) is 15.8. The molecule has 304 valence electrons. The number of nitrogens with one attached hydrogen (secondary N) is 2. The van der Waals surface area contributed by atoms with Gasteiger partial charge in [0.2, 0.25) is 5.91 Å². The number of hydrogen-bond donors (Lipinski definition) is 2. The fourth-order valence-electron chi connectivity index (χ4n) is 5.61. The number of amides is 1. The molecule has 1 saturated heterocycles. The zero-order chi connectivity index (χ0) is 39.3. The predicted octanol–water partition coefficient (Wildman–Crippen LogP) is 3.49. The van der Waals surface area contributed by atoms with Crippen molar-refractivity contribution >= 4 is 22.6 Å². The Bertz CT molecular complexity index is 1670. The highest BCUT2D eigenvalue weighted by Crippen LogP contribution is 2.37. The highest BCUT2D eigenvalue weighted by atomic mass is 19.4. The van der Waals surface area contributed by atoms with Crippen molar-refractivity contribution in [3.63, 3.8) is 0 Å². The van der Waals surface area contributed by atoms with Crippen molar-refractivity contribution in [1.29, 1.82) is 0 Å². The Morgan fingerprint density at radius 2 is 1.27 bits per heavy atom. The second-order valence-electron chi connectivity index (χ2n) is 12.3. The molecule has 2 heterocycles. The number of fused-ring (bicyclic) bond motifs is 1. The number of ether oxygens (including phenoxy) is 9. The van der Waals surface area contributed by atoms with Gasteiger partial charge >= 0.3 is 12.1 Å². The van der Waals surface area contributed by atoms with Crippen molar-refractivity contribution < 1.29 is 65.4 Å². The van der Waals surface area contributed by atoms with Gasteiger partial charge in [-0.05, 0) is 35.6 Å². The smallest absolute Gasteiger partial charge is 0.417 e. The minimum Gasteiger partial charge on any atom is -0.462 e. The molecule has 1 unspecified atom stereocenters.